The molecule has 3 aromatic rings. The maximum Gasteiger partial charge on any atom is 0.281 e. The van der Waals surface area contributed by atoms with E-state index in [1.165, 1.54) is 4.40 Å². The Morgan fingerprint density at radius 1 is 1.29 bits per heavy atom. The summed E-state index contributed by atoms with van der Waals surface area (Å²) >= 11 is 6.05. The van der Waals surface area contributed by atoms with Gasteiger partial charge in [-0.3, -0.25) is 9.12 Å². The summed E-state index contributed by atoms with van der Waals surface area (Å²) in [6.45, 7) is 4.29. The molecular formula is C16H16ClN3O3S. The van der Waals surface area contributed by atoms with Gasteiger partial charge < -0.3 is 4.74 Å². The molecule has 0 fully saturated rings. The summed E-state index contributed by atoms with van der Waals surface area (Å²) in [6.07, 6.45) is 1.60. The Hall–Kier alpha value is -2.25. The second kappa shape index (κ2) is 6.33. The van der Waals surface area contributed by atoms with Gasteiger partial charge in [0.25, 0.3) is 10.0 Å². The van der Waals surface area contributed by atoms with E-state index in [0.29, 0.717) is 23.7 Å². The first-order valence-electron chi connectivity index (χ1n) is 7.31. The molecule has 0 aliphatic heterocycles. The zero-order chi connectivity index (χ0) is 17.3. The second-order valence-corrected chi connectivity index (χ2v) is 7.11. The van der Waals surface area contributed by atoms with E-state index in [-0.39, 0.29) is 10.2 Å². The maximum atomic E-state index is 12.7. The van der Waals surface area contributed by atoms with Crippen LogP contribution in [0.4, 0.5) is 5.69 Å². The lowest BCUT2D eigenvalue weighted by molar-refractivity contribution is 0.338. The Morgan fingerprint density at radius 2 is 2.08 bits per heavy atom. The molecule has 0 radical (unpaired) electrons. The number of ether oxygens (including phenoxy) is 1. The molecule has 0 saturated heterocycles. The highest BCUT2D eigenvalue weighted by Crippen LogP contribution is 2.27. The van der Waals surface area contributed by atoms with Crippen LogP contribution in [0.3, 0.4) is 0 Å². The maximum absolute atomic E-state index is 12.7. The molecule has 3 rings (SSSR count). The standard InChI is InChI=1S/C16H16ClN3O3S/c1-3-23-13-8-7-12(10-11(13)2)19-24(21,22)16-15(17)18-14-6-4-5-9-20(14)16/h4-10,19H,3H2,1-2H3. The van der Waals surface area contributed by atoms with E-state index in [0.717, 1.165) is 5.56 Å². The number of pyridine rings is 1. The third kappa shape index (κ3) is 3.05. The van der Waals surface area contributed by atoms with Crippen molar-refractivity contribution in [3.05, 3.63) is 53.3 Å². The van der Waals surface area contributed by atoms with E-state index in [9.17, 15) is 8.42 Å². The highest BCUT2D eigenvalue weighted by atomic mass is 35.5. The van der Waals surface area contributed by atoms with Crippen LogP contribution in [0.5, 0.6) is 5.75 Å². The summed E-state index contributed by atoms with van der Waals surface area (Å²) in [5.41, 5.74) is 1.73. The van der Waals surface area contributed by atoms with Crippen LogP contribution in [-0.4, -0.2) is 24.4 Å². The Kier molecular flexibility index (Phi) is 4.38. The van der Waals surface area contributed by atoms with Crippen LogP contribution in [0.2, 0.25) is 5.15 Å². The Labute approximate surface area is 145 Å². The van der Waals surface area contributed by atoms with Crippen LogP contribution < -0.4 is 9.46 Å². The summed E-state index contributed by atoms with van der Waals surface area (Å²) in [6, 6.07) is 10.2. The number of imidazole rings is 1. The number of anilines is 1. The highest BCUT2D eigenvalue weighted by molar-refractivity contribution is 7.92. The minimum Gasteiger partial charge on any atom is -0.494 e. The monoisotopic (exact) mass is 365 g/mol. The van der Waals surface area contributed by atoms with Crippen LogP contribution >= 0.6 is 11.6 Å². The van der Waals surface area contributed by atoms with Gasteiger partial charge in [0, 0.05) is 11.9 Å². The van der Waals surface area contributed by atoms with Gasteiger partial charge in [-0.25, -0.2) is 4.98 Å². The van der Waals surface area contributed by atoms with E-state index in [1.54, 1.807) is 42.6 Å². The van der Waals surface area contributed by atoms with Crippen molar-refractivity contribution in [2.24, 2.45) is 0 Å². The number of halogens is 1. The first kappa shape index (κ1) is 16.6. The molecule has 0 atom stereocenters. The van der Waals surface area contributed by atoms with Crippen molar-refractivity contribution in [3.8, 4) is 5.75 Å². The number of nitrogens with zero attached hydrogens (tertiary/aromatic N) is 2. The zero-order valence-corrected chi connectivity index (χ0v) is 14.7. The Morgan fingerprint density at radius 3 is 2.79 bits per heavy atom. The fourth-order valence-electron chi connectivity index (χ4n) is 2.42. The lowest BCUT2D eigenvalue weighted by Crippen LogP contribution is -2.15. The summed E-state index contributed by atoms with van der Waals surface area (Å²) in [7, 11) is -3.89. The normalized spacial score (nSPS) is 11.6. The van der Waals surface area contributed by atoms with Crippen molar-refractivity contribution in [2.45, 2.75) is 18.9 Å². The molecule has 0 aliphatic carbocycles. The third-order valence-corrected chi connectivity index (χ3v) is 5.21. The average Bonchev–Trinajstić information content (AvgIpc) is 2.86. The van der Waals surface area contributed by atoms with Gasteiger partial charge in [0.1, 0.15) is 11.4 Å². The molecule has 8 heteroatoms. The first-order valence-corrected chi connectivity index (χ1v) is 9.17. The van der Waals surface area contributed by atoms with Crippen molar-refractivity contribution in [1.82, 2.24) is 9.38 Å². The van der Waals surface area contributed by atoms with Crippen molar-refractivity contribution in [2.75, 3.05) is 11.3 Å². The van der Waals surface area contributed by atoms with Gasteiger partial charge in [-0.05, 0) is 49.7 Å². The lowest BCUT2D eigenvalue weighted by atomic mass is 10.2. The third-order valence-electron chi connectivity index (χ3n) is 3.43. The fourth-order valence-corrected chi connectivity index (χ4v) is 4.12. The van der Waals surface area contributed by atoms with Crippen LogP contribution in [0, 0.1) is 6.92 Å². The summed E-state index contributed by atoms with van der Waals surface area (Å²) in [4.78, 5) is 4.07. The van der Waals surface area contributed by atoms with Crippen LogP contribution in [0.25, 0.3) is 5.65 Å². The molecule has 6 nitrogen and oxygen atoms in total. The van der Waals surface area contributed by atoms with Gasteiger partial charge in [0.05, 0.1) is 6.61 Å². The molecule has 24 heavy (non-hydrogen) atoms. The van der Waals surface area contributed by atoms with E-state index in [1.807, 2.05) is 13.8 Å². The van der Waals surface area contributed by atoms with Crippen molar-refractivity contribution < 1.29 is 13.2 Å². The predicted molar refractivity (Wildman–Crippen MR) is 93.4 cm³/mol. The SMILES string of the molecule is CCOc1ccc(NS(=O)(=O)c2c(Cl)nc3ccccn23)cc1C. The number of rotatable bonds is 5. The van der Waals surface area contributed by atoms with E-state index >= 15 is 0 Å². The van der Waals surface area contributed by atoms with E-state index in [2.05, 4.69) is 9.71 Å². The van der Waals surface area contributed by atoms with Gasteiger partial charge in [-0.15, -0.1) is 0 Å². The molecule has 126 valence electrons. The molecule has 0 spiro atoms. The van der Waals surface area contributed by atoms with Crippen LogP contribution in [0.1, 0.15) is 12.5 Å². The van der Waals surface area contributed by atoms with Gasteiger partial charge in [-0.2, -0.15) is 8.42 Å². The number of fused-ring (bicyclic) bond motifs is 1. The second-order valence-electron chi connectivity index (χ2n) is 5.16. The molecule has 0 aliphatic rings. The van der Waals surface area contributed by atoms with Crippen LogP contribution in [-0.2, 0) is 10.0 Å². The van der Waals surface area contributed by atoms with Gasteiger partial charge >= 0.3 is 0 Å². The zero-order valence-electron chi connectivity index (χ0n) is 13.2. The minimum atomic E-state index is -3.89. The van der Waals surface area contributed by atoms with Gasteiger partial charge in [-0.1, -0.05) is 17.7 Å². The summed E-state index contributed by atoms with van der Waals surface area (Å²) in [5.74, 6) is 0.716. The van der Waals surface area contributed by atoms with E-state index in [4.69, 9.17) is 16.3 Å². The number of benzene rings is 1. The number of aryl methyl sites for hydroxylation is 1. The number of hydrogen-bond acceptors (Lipinski definition) is 4. The molecule has 1 N–H and O–H groups in total. The number of sulfonamides is 1. The largest absolute Gasteiger partial charge is 0.494 e. The average molecular weight is 366 g/mol. The molecule has 2 aromatic heterocycles. The van der Waals surface area contributed by atoms with Gasteiger partial charge in [0.2, 0.25) is 0 Å². The molecule has 0 unspecified atom stereocenters. The minimum absolute atomic E-state index is 0.0728. The number of nitrogens with one attached hydrogen (secondary N) is 1. The fraction of sp³-hybridized carbons (Fsp3) is 0.188. The van der Waals surface area contributed by atoms with Crippen molar-refractivity contribution in [1.29, 1.82) is 0 Å². The molecule has 0 amide bonds. The van der Waals surface area contributed by atoms with Crippen molar-refractivity contribution in [3.63, 3.8) is 0 Å². The number of hydrogen-bond donors (Lipinski definition) is 1. The smallest absolute Gasteiger partial charge is 0.281 e. The summed E-state index contributed by atoms with van der Waals surface area (Å²) in [5, 5.41) is -0.164. The molecule has 0 saturated carbocycles. The molecule has 0 bridgehead atoms. The molecule has 1 aromatic carbocycles. The summed E-state index contributed by atoms with van der Waals surface area (Å²) < 4.78 is 34.9. The number of aromatic nitrogens is 2. The quantitative estimate of drug-likeness (QED) is 0.751. The van der Waals surface area contributed by atoms with Crippen molar-refractivity contribution >= 4 is 33.0 Å². The van der Waals surface area contributed by atoms with Crippen LogP contribution in [0.15, 0.2) is 47.6 Å². The Bertz CT molecular complexity index is 999. The van der Waals surface area contributed by atoms with E-state index < -0.39 is 10.0 Å². The Balaban J connectivity index is 1.99. The first-order chi connectivity index (χ1) is 11.4. The molecular weight excluding hydrogens is 350 g/mol. The predicted octanol–water partition coefficient (Wildman–Crippen LogP) is 3.50. The topological polar surface area (TPSA) is 72.7 Å². The van der Waals surface area contributed by atoms with Gasteiger partial charge in [0.15, 0.2) is 10.2 Å². The highest BCUT2D eigenvalue weighted by Gasteiger charge is 2.24. The molecule has 2 heterocycles. The lowest BCUT2D eigenvalue weighted by Gasteiger charge is -2.11.